The molecule has 0 spiro atoms. The van der Waals surface area contributed by atoms with Crippen molar-refractivity contribution in [3.8, 4) is 18.1 Å². The first-order valence-corrected chi connectivity index (χ1v) is 7.16. The van der Waals surface area contributed by atoms with Gasteiger partial charge < -0.3 is 15.4 Å². The van der Waals surface area contributed by atoms with Crippen molar-refractivity contribution in [1.82, 2.24) is 10.6 Å². The van der Waals surface area contributed by atoms with Crippen molar-refractivity contribution in [3.63, 3.8) is 0 Å². The number of hydrogen-bond acceptors (Lipinski definition) is 3. The molecule has 0 saturated carbocycles. The van der Waals surface area contributed by atoms with E-state index in [2.05, 4.69) is 42.5 Å². The summed E-state index contributed by atoms with van der Waals surface area (Å²) in [5, 5.41) is 6.09. The summed E-state index contributed by atoms with van der Waals surface area (Å²) in [5.41, 5.74) is 1.19. The Hall–Kier alpha value is -1.99. The highest BCUT2D eigenvalue weighted by molar-refractivity contribution is 5.76. The summed E-state index contributed by atoms with van der Waals surface area (Å²) in [6, 6.07) is 8.21. The molecular weight excluding hydrogens is 264 g/mol. The van der Waals surface area contributed by atoms with Gasteiger partial charge in [0.2, 0.25) is 5.91 Å². The van der Waals surface area contributed by atoms with E-state index in [1.54, 1.807) is 7.11 Å². The first kappa shape index (κ1) is 17.1. The predicted octanol–water partition coefficient (Wildman–Crippen LogP) is 2.12. The van der Waals surface area contributed by atoms with E-state index < -0.39 is 0 Å². The van der Waals surface area contributed by atoms with Crippen LogP contribution in [0.5, 0.6) is 5.75 Å². The number of rotatable bonds is 8. The molecule has 4 nitrogen and oxygen atoms in total. The largest absolute Gasteiger partial charge is 0.497 e. The van der Waals surface area contributed by atoms with Crippen LogP contribution in [-0.4, -0.2) is 26.1 Å². The highest BCUT2D eigenvalue weighted by atomic mass is 16.5. The Bertz CT molecular complexity index is 475. The van der Waals surface area contributed by atoms with Crippen molar-refractivity contribution in [3.05, 3.63) is 29.8 Å². The van der Waals surface area contributed by atoms with Crippen molar-refractivity contribution in [1.29, 1.82) is 0 Å². The van der Waals surface area contributed by atoms with Gasteiger partial charge in [-0.3, -0.25) is 4.79 Å². The lowest BCUT2D eigenvalue weighted by Gasteiger charge is -2.23. The molecule has 21 heavy (non-hydrogen) atoms. The van der Waals surface area contributed by atoms with Crippen molar-refractivity contribution in [2.24, 2.45) is 5.92 Å². The van der Waals surface area contributed by atoms with E-state index in [-0.39, 0.29) is 18.5 Å². The molecule has 1 rings (SSSR count). The van der Waals surface area contributed by atoms with E-state index in [4.69, 9.17) is 11.2 Å². The molecule has 0 saturated heterocycles. The molecule has 0 heterocycles. The summed E-state index contributed by atoms with van der Waals surface area (Å²) in [6.45, 7) is 5.21. The lowest BCUT2D eigenvalue weighted by molar-refractivity contribution is -0.120. The fourth-order valence-electron chi connectivity index (χ4n) is 2.13. The molecule has 1 atom stereocenters. The van der Waals surface area contributed by atoms with E-state index in [1.807, 2.05) is 12.1 Å². The van der Waals surface area contributed by atoms with Crippen LogP contribution in [0.15, 0.2) is 24.3 Å². The van der Waals surface area contributed by atoms with Gasteiger partial charge in [-0.25, -0.2) is 0 Å². The van der Waals surface area contributed by atoms with Crippen molar-refractivity contribution in [2.75, 3.05) is 20.2 Å². The second-order valence-electron chi connectivity index (χ2n) is 5.18. The molecule has 1 amide bonds. The topological polar surface area (TPSA) is 50.4 Å². The molecule has 0 bridgehead atoms. The maximum absolute atomic E-state index is 11.5. The van der Waals surface area contributed by atoms with Crippen LogP contribution in [0.25, 0.3) is 0 Å². The number of carbonyl (C=O) groups excluding carboxylic acids is 1. The van der Waals surface area contributed by atoms with Gasteiger partial charge in [0.05, 0.1) is 13.7 Å². The molecule has 0 aromatic heterocycles. The molecule has 0 radical (unpaired) electrons. The van der Waals surface area contributed by atoms with Crippen LogP contribution in [-0.2, 0) is 4.79 Å². The Labute approximate surface area is 127 Å². The van der Waals surface area contributed by atoms with Crippen LogP contribution in [0.1, 0.15) is 31.9 Å². The Balaban J connectivity index is 2.54. The SMILES string of the molecule is C#CCNC(=O)CCN[C@@H](c1ccc(OC)cc1)C(C)C. The third-order valence-corrected chi connectivity index (χ3v) is 3.25. The number of ether oxygens (including phenoxy) is 1. The van der Waals surface area contributed by atoms with Gasteiger partial charge in [-0.2, -0.15) is 0 Å². The van der Waals surface area contributed by atoms with Crippen molar-refractivity contribution in [2.45, 2.75) is 26.3 Å². The Morgan fingerprint density at radius 3 is 2.52 bits per heavy atom. The van der Waals surface area contributed by atoms with Crippen LogP contribution in [0, 0.1) is 18.3 Å². The fraction of sp³-hybridized carbons (Fsp3) is 0.471. The number of amides is 1. The molecule has 2 N–H and O–H groups in total. The monoisotopic (exact) mass is 288 g/mol. The van der Waals surface area contributed by atoms with Gasteiger partial charge in [0.1, 0.15) is 5.75 Å². The van der Waals surface area contributed by atoms with Gasteiger partial charge in [0.15, 0.2) is 0 Å². The number of methoxy groups -OCH3 is 1. The van der Waals surface area contributed by atoms with E-state index in [9.17, 15) is 4.79 Å². The molecule has 1 aromatic rings. The number of carbonyl (C=O) groups is 1. The zero-order valence-corrected chi connectivity index (χ0v) is 13.0. The molecule has 0 fully saturated rings. The average Bonchev–Trinajstić information content (AvgIpc) is 2.49. The lowest BCUT2D eigenvalue weighted by atomic mass is 9.96. The number of terminal acetylenes is 1. The highest BCUT2D eigenvalue weighted by Gasteiger charge is 2.15. The quantitative estimate of drug-likeness (QED) is 0.720. The molecular formula is C17H24N2O2. The smallest absolute Gasteiger partial charge is 0.222 e. The average molecular weight is 288 g/mol. The second-order valence-corrected chi connectivity index (χ2v) is 5.18. The van der Waals surface area contributed by atoms with Crippen LogP contribution in [0.2, 0.25) is 0 Å². The van der Waals surface area contributed by atoms with Crippen LogP contribution in [0.3, 0.4) is 0 Å². The maximum atomic E-state index is 11.5. The van der Waals surface area contributed by atoms with E-state index in [0.717, 1.165) is 5.75 Å². The van der Waals surface area contributed by atoms with Gasteiger partial charge in [0, 0.05) is 19.0 Å². The summed E-state index contributed by atoms with van der Waals surface area (Å²) in [5.74, 6) is 3.62. The first-order chi connectivity index (χ1) is 10.1. The van der Waals surface area contributed by atoms with Gasteiger partial charge in [-0.05, 0) is 23.6 Å². The van der Waals surface area contributed by atoms with Crippen LogP contribution in [0.4, 0.5) is 0 Å². The third kappa shape index (κ3) is 5.88. The normalized spacial score (nSPS) is 11.8. The van der Waals surface area contributed by atoms with Crippen LogP contribution < -0.4 is 15.4 Å². The van der Waals surface area contributed by atoms with Crippen LogP contribution >= 0.6 is 0 Å². The first-order valence-electron chi connectivity index (χ1n) is 7.16. The maximum Gasteiger partial charge on any atom is 0.222 e. The lowest BCUT2D eigenvalue weighted by Crippen LogP contribution is -2.31. The molecule has 1 aromatic carbocycles. The molecule has 4 heteroatoms. The standard InChI is InChI=1S/C17H24N2O2/c1-5-11-18-16(20)10-12-19-17(13(2)3)14-6-8-15(21-4)9-7-14/h1,6-9,13,17,19H,10-12H2,2-4H3,(H,18,20)/t17-/m1/s1. The van der Waals surface area contributed by atoms with Crippen molar-refractivity contribution >= 4 is 5.91 Å². The molecule has 0 aliphatic heterocycles. The summed E-state index contributed by atoms with van der Waals surface area (Å²) in [6.07, 6.45) is 5.52. The molecule has 0 aliphatic rings. The Morgan fingerprint density at radius 2 is 2.00 bits per heavy atom. The minimum atomic E-state index is -0.0299. The van der Waals surface area contributed by atoms with Gasteiger partial charge in [-0.1, -0.05) is 31.9 Å². The van der Waals surface area contributed by atoms with E-state index in [1.165, 1.54) is 5.56 Å². The third-order valence-electron chi connectivity index (χ3n) is 3.25. The van der Waals surface area contributed by atoms with Gasteiger partial charge in [0.25, 0.3) is 0 Å². The Kier molecular flexibility index (Phi) is 7.34. The minimum absolute atomic E-state index is 0.0299. The van der Waals surface area contributed by atoms with E-state index >= 15 is 0 Å². The molecule has 0 aliphatic carbocycles. The van der Waals surface area contributed by atoms with E-state index in [0.29, 0.717) is 18.9 Å². The summed E-state index contributed by atoms with van der Waals surface area (Å²) in [4.78, 5) is 11.5. The summed E-state index contributed by atoms with van der Waals surface area (Å²) in [7, 11) is 1.65. The van der Waals surface area contributed by atoms with Gasteiger partial charge >= 0.3 is 0 Å². The zero-order valence-electron chi connectivity index (χ0n) is 13.0. The minimum Gasteiger partial charge on any atom is -0.497 e. The van der Waals surface area contributed by atoms with Gasteiger partial charge in [-0.15, -0.1) is 6.42 Å². The highest BCUT2D eigenvalue weighted by Crippen LogP contribution is 2.23. The van der Waals surface area contributed by atoms with Crippen molar-refractivity contribution < 1.29 is 9.53 Å². The predicted molar refractivity (Wildman–Crippen MR) is 85.0 cm³/mol. The molecule has 0 unspecified atom stereocenters. The summed E-state index contributed by atoms with van der Waals surface area (Å²) >= 11 is 0. The summed E-state index contributed by atoms with van der Waals surface area (Å²) < 4.78 is 5.17. The number of benzene rings is 1. The molecule has 114 valence electrons. The zero-order chi connectivity index (χ0) is 15.7. The second kappa shape index (κ2) is 9.04. The Morgan fingerprint density at radius 1 is 1.33 bits per heavy atom. The number of hydrogen-bond donors (Lipinski definition) is 2. The number of nitrogens with one attached hydrogen (secondary N) is 2. The fourth-order valence-corrected chi connectivity index (χ4v) is 2.13.